The Balaban J connectivity index is 2.34. The quantitative estimate of drug-likeness (QED) is 0.760. The summed E-state index contributed by atoms with van der Waals surface area (Å²) in [6.07, 6.45) is 3.87. The molecule has 0 atom stereocenters. The molecule has 1 fully saturated rings. The van der Waals surface area contributed by atoms with Gasteiger partial charge in [-0.2, -0.15) is 4.31 Å². The van der Waals surface area contributed by atoms with Crippen molar-refractivity contribution < 1.29 is 8.42 Å². The molecule has 2 rings (SSSR count). The van der Waals surface area contributed by atoms with Crippen LogP contribution in [0.4, 0.5) is 0 Å². The van der Waals surface area contributed by atoms with E-state index in [1.807, 2.05) is 19.2 Å². The number of halogens is 1. The second-order valence-corrected chi connectivity index (χ2v) is 8.21. The normalized spacial score (nSPS) is 15.6. The van der Waals surface area contributed by atoms with Gasteiger partial charge in [-0.1, -0.05) is 19.4 Å². The van der Waals surface area contributed by atoms with Crippen LogP contribution < -0.4 is 5.32 Å². The van der Waals surface area contributed by atoms with Gasteiger partial charge in [0.1, 0.15) is 0 Å². The Bertz CT molecular complexity index is 585. The monoisotopic (exact) mass is 374 g/mol. The fourth-order valence-corrected chi connectivity index (χ4v) is 5.06. The molecular formula is C15H23BrN2O2S. The Morgan fingerprint density at radius 1 is 1.38 bits per heavy atom. The summed E-state index contributed by atoms with van der Waals surface area (Å²) in [4.78, 5) is 0.387. The molecule has 4 nitrogen and oxygen atoms in total. The van der Waals surface area contributed by atoms with Crippen molar-refractivity contribution in [2.24, 2.45) is 0 Å². The predicted octanol–water partition coefficient (Wildman–Crippen LogP) is 3.12. The molecule has 1 saturated carbocycles. The summed E-state index contributed by atoms with van der Waals surface area (Å²) in [6, 6.07) is 5.73. The van der Waals surface area contributed by atoms with Gasteiger partial charge in [0.2, 0.25) is 10.0 Å². The number of nitrogens with zero attached hydrogens (tertiary/aromatic N) is 1. The SMILES string of the molecule is CCCCN(C1CC1)S(=O)(=O)c1cc(CNC)ccc1Br. The number of rotatable bonds is 8. The summed E-state index contributed by atoms with van der Waals surface area (Å²) in [7, 11) is -1.57. The number of unbranched alkanes of at least 4 members (excludes halogenated alkanes) is 1. The van der Waals surface area contributed by atoms with Crippen molar-refractivity contribution in [2.45, 2.75) is 50.1 Å². The van der Waals surface area contributed by atoms with Crippen LogP contribution in [0.1, 0.15) is 38.2 Å². The highest BCUT2D eigenvalue weighted by Crippen LogP contribution is 2.35. The summed E-state index contributed by atoms with van der Waals surface area (Å²) >= 11 is 3.40. The maximum atomic E-state index is 13.0. The number of nitrogens with one attached hydrogen (secondary N) is 1. The number of hydrogen-bond donors (Lipinski definition) is 1. The van der Waals surface area contributed by atoms with Crippen LogP contribution in [0.5, 0.6) is 0 Å². The molecule has 0 radical (unpaired) electrons. The molecule has 0 bridgehead atoms. The fraction of sp³-hybridized carbons (Fsp3) is 0.600. The lowest BCUT2D eigenvalue weighted by Crippen LogP contribution is -2.34. The van der Waals surface area contributed by atoms with Gasteiger partial charge < -0.3 is 5.32 Å². The summed E-state index contributed by atoms with van der Waals surface area (Å²) in [6.45, 7) is 3.36. The van der Waals surface area contributed by atoms with Gasteiger partial charge in [0, 0.05) is 23.6 Å². The summed E-state index contributed by atoms with van der Waals surface area (Å²) in [5.41, 5.74) is 0.977. The zero-order valence-corrected chi connectivity index (χ0v) is 15.0. The minimum absolute atomic E-state index is 0.196. The number of sulfonamides is 1. The first-order chi connectivity index (χ1) is 10.0. The predicted molar refractivity (Wildman–Crippen MR) is 88.7 cm³/mol. The van der Waals surface area contributed by atoms with Crippen LogP contribution >= 0.6 is 15.9 Å². The summed E-state index contributed by atoms with van der Waals surface area (Å²) in [5.74, 6) is 0. The van der Waals surface area contributed by atoms with Crippen molar-refractivity contribution >= 4 is 26.0 Å². The van der Waals surface area contributed by atoms with E-state index >= 15 is 0 Å². The third kappa shape index (κ3) is 4.06. The molecule has 6 heteroatoms. The zero-order valence-electron chi connectivity index (χ0n) is 12.6. The number of benzene rings is 1. The number of hydrogen-bond acceptors (Lipinski definition) is 3. The Kier molecular flexibility index (Phi) is 5.82. The zero-order chi connectivity index (χ0) is 15.5. The standard InChI is InChI=1S/C15H23BrN2O2S/c1-3-4-9-18(13-6-7-13)21(19,20)15-10-12(11-17-2)5-8-14(15)16/h5,8,10,13,17H,3-4,6-7,9,11H2,1-2H3. The van der Waals surface area contributed by atoms with Gasteiger partial charge in [0.15, 0.2) is 0 Å². The van der Waals surface area contributed by atoms with Gasteiger partial charge in [-0.15, -0.1) is 0 Å². The first-order valence-corrected chi connectivity index (χ1v) is 9.69. The van der Waals surface area contributed by atoms with E-state index in [9.17, 15) is 8.42 Å². The third-order valence-corrected chi connectivity index (χ3v) is 6.60. The van der Waals surface area contributed by atoms with Crippen molar-refractivity contribution in [3.63, 3.8) is 0 Å². The lowest BCUT2D eigenvalue weighted by Gasteiger charge is -2.22. The van der Waals surface area contributed by atoms with Gasteiger partial charge >= 0.3 is 0 Å². The smallest absolute Gasteiger partial charge is 0.244 e. The fourth-order valence-electron chi connectivity index (χ4n) is 2.36. The van der Waals surface area contributed by atoms with Crippen LogP contribution in [0, 0.1) is 0 Å². The van der Waals surface area contributed by atoms with Gasteiger partial charge in [0.05, 0.1) is 4.90 Å². The molecule has 0 heterocycles. The molecular weight excluding hydrogens is 352 g/mol. The van der Waals surface area contributed by atoms with E-state index in [1.165, 1.54) is 0 Å². The Hall–Kier alpha value is -0.430. The van der Waals surface area contributed by atoms with E-state index in [-0.39, 0.29) is 6.04 Å². The highest BCUT2D eigenvalue weighted by atomic mass is 79.9. The third-order valence-electron chi connectivity index (χ3n) is 3.65. The maximum absolute atomic E-state index is 13.0. The van der Waals surface area contributed by atoms with Crippen LogP contribution in [-0.2, 0) is 16.6 Å². The average molecular weight is 375 g/mol. The molecule has 1 aromatic carbocycles. The lowest BCUT2D eigenvalue weighted by atomic mass is 10.2. The topological polar surface area (TPSA) is 49.4 Å². The van der Waals surface area contributed by atoms with Crippen molar-refractivity contribution in [3.05, 3.63) is 28.2 Å². The van der Waals surface area contributed by atoms with E-state index in [2.05, 4.69) is 28.2 Å². The largest absolute Gasteiger partial charge is 0.316 e. The molecule has 1 aliphatic carbocycles. The van der Waals surface area contributed by atoms with E-state index in [1.54, 1.807) is 10.4 Å². The molecule has 1 aliphatic rings. The van der Waals surface area contributed by atoms with Crippen molar-refractivity contribution in [1.29, 1.82) is 0 Å². The van der Waals surface area contributed by atoms with Crippen molar-refractivity contribution in [2.75, 3.05) is 13.6 Å². The molecule has 0 amide bonds. The Morgan fingerprint density at radius 2 is 2.10 bits per heavy atom. The van der Waals surface area contributed by atoms with E-state index in [0.29, 0.717) is 22.5 Å². The average Bonchev–Trinajstić information content (AvgIpc) is 3.26. The first-order valence-electron chi connectivity index (χ1n) is 7.45. The molecule has 1 N–H and O–H groups in total. The molecule has 0 saturated heterocycles. The van der Waals surface area contributed by atoms with Gasteiger partial charge in [0.25, 0.3) is 0 Å². The highest BCUT2D eigenvalue weighted by Gasteiger charge is 2.38. The molecule has 0 aliphatic heterocycles. The first kappa shape index (κ1) is 16.9. The van der Waals surface area contributed by atoms with Crippen LogP contribution in [0.15, 0.2) is 27.6 Å². The van der Waals surface area contributed by atoms with Crippen molar-refractivity contribution in [3.8, 4) is 0 Å². The minimum Gasteiger partial charge on any atom is -0.316 e. The summed E-state index contributed by atoms with van der Waals surface area (Å²) < 4.78 is 28.3. The van der Waals surface area contributed by atoms with Gasteiger partial charge in [-0.3, -0.25) is 0 Å². The summed E-state index contributed by atoms with van der Waals surface area (Å²) in [5, 5.41) is 3.06. The van der Waals surface area contributed by atoms with Gasteiger partial charge in [-0.05, 0) is 59.9 Å². The van der Waals surface area contributed by atoms with Crippen molar-refractivity contribution in [1.82, 2.24) is 9.62 Å². The Morgan fingerprint density at radius 3 is 2.67 bits per heavy atom. The van der Waals surface area contributed by atoms with Crippen LogP contribution in [0.2, 0.25) is 0 Å². The maximum Gasteiger partial charge on any atom is 0.244 e. The second-order valence-electron chi connectivity index (χ2n) is 5.50. The molecule has 0 aromatic heterocycles. The van der Waals surface area contributed by atoms with Crippen LogP contribution in [0.25, 0.3) is 0 Å². The van der Waals surface area contributed by atoms with Gasteiger partial charge in [-0.25, -0.2) is 8.42 Å². The molecule has 21 heavy (non-hydrogen) atoms. The van der Waals surface area contributed by atoms with Crippen LogP contribution in [0.3, 0.4) is 0 Å². The van der Waals surface area contributed by atoms with E-state index < -0.39 is 10.0 Å². The molecule has 1 aromatic rings. The minimum atomic E-state index is -3.42. The Labute approximate surface area is 136 Å². The molecule has 0 spiro atoms. The lowest BCUT2D eigenvalue weighted by molar-refractivity contribution is 0.395. The van der Waals surface area contributed by atoms with E-state index in [4.69, 9.17) is 0 Å². The highest BCUT2D eigenvalue weighted by molar-refractivity contribution is 9.10. The second kappa shape index (κ2) is 7.22. The molecule has 0 unspecified atom stereocenters. The van der Waals surface area contributed by atoms with Crippen LogP contribution in [-0.4, -0.2) is 32.4 Å². The van der Waals surface area contributed by atoms with E-state index in [0.717, 1.165) is 31.2 Å². The molecule has 118 valence electrons.